The fourth-order valence-corrected chi connectivity index (χ4v) is 4.11. The Morgan fingerprint density at radius 3 is 1.18 bits per heavy atom. The van der Waals surface area contributed by atoms with Crippen molar-refractivity contribution in [3.8, 4) is 5.75 Å². The Hall–Kier alpha value is -1.14. The van der Waals surface area contributed by atoms with Crippen LogP contribution in [0.2, 0.25) is 0 Å². The molecule has 0 radical (unpaired) electrons. The third kappa shape index (κ3) is 31.2. The van der Waals surface area contributed by atoms with Crippen LogP contribution in [-0.4, -0.2) is 136 Å². The minimum Gasteiger partial charge on any atom is -0.491 e. The van der Waals surface area contributed by atoms with Crippen molar-refractivity contribution in [3.63, 3.8) is 0 Å². The highest BCUT2D eigenvalue weighted by atomic mass is 127. The second-order valence-corrected chi connectivity index (χ2v) is 10.7. The van der Waals surface area contributed by atoms with Crippen LogP contribution in [0.1, 0.15) is 32.6 Å². The number of nitrogens with one attached hydrogen (secondary N) is 1. The second-order valence-electron chi connectivity index (χ2n) is 9.67. The van der Waals surface area contributed by atoms with Gasteiger partial charge in [0, 0.05) is 19.2 Å². The average molecular weight is 758 g/mol. The van der Waals surface area contributed by atoms with E-state index < -0.39 is 0 Å². The Morgan fingerprint density at radius 2 is 0.822 bits per heavy atom. The number of benzene rings is 1. The van der Waals surface area contributed by atoms with Gasteiger partial charge in [-0.1, -0.05) is 35.4 Å². The largest absolute Gasteiger partial charge is 0.491 e. The van der Waals surface area contributed by atoms with Crippen LogP contribution < -0.4 is 10.1 Å². The Kier molecular flexibility index (Phi) is 31.8. The lowest BCUT2D eigenvalue weighted by atomic mass is 10.2. The van der Waals surface area contributed by atoms with E-state index in [2.05, 4.69) is 27.9 Å². The van der Waals surface area contributed by atoms with Crippen LogP contribution in [0.5, 0.6) is 5.75 Å². The number of alkyl halides is 1. The fourth-order valence-electron chi connectivity index (χ4n) is 3.57. The van der Waals surface area contributed by atoms with E-state index in [1.807, 2.05) is 0 Å². The summed E-state index contributed by atoms with van der Waals surface area (Å²) in [4.78, 5) is 11.0. The van der Waals surface area contributed by atoms with Gasteiger partial charge in [0.2, 0.25) is 5.91 Å². The maximum absolute atomic E-state index is 11.0. The summed E-state index contributed by atoms with van der Waals surface area (Å²) in [5.74, 6) is 0.615. The summed E-state index contributed by atoms with van der Waals surface area (Å²) in [5.41, 5.74) is 0.735. The van der Waals surface area contributed by atoms with Gasteiger partial charge in [0.1, 0.15) is 12.4 Å². The maximum Gasteiger partial charge on any atom is 0.221 e. The van der Waals surface area contributed by atoms with Gasteiger partial charge < -0.3 is 52.7 Å². The number of carbonyl (C=O) groups is 1. The van der Waals surface area contributed by atoms with Crippen molar-refractivity contribution in [2.75, 3.05) is 135 Å². The Balaban J connectivity index is 1.66. The minimum absolute atomic E-state index is 0.105. The third-order valence-corrected chi connectivity index (χ3v) is 6.58. The van der Waals surface area contributed by atoms with E-state index in [1.165, 1.54) is 30.6 Å². The molecule has 0 fully saturated rings. The van der Waals surface area contributed by atoms with Gasteiger partial charge in [-0.25, -0.2) is 0 Å². The first-order valence-electron chi connectivity index (χ1n) is 16.0. The predicted molar refractivity (Wildman–Crippen MR) is 181 cm³/mol. The van der Waals surface area contributed by atoms with Crippen molar-refractivity contribution in [2.45, 2.75) is 32.6 Å². The van der Waals surface area contributed by atoms with Crippen molar-refractivity contribution in [3.05, 3.63) is 24.3 Å². The highest BCUT2D eigenvalue weighted by molar-refractivity contribution is 14.1. The van der Waals surface area contributed by atoms with Gasteiger partial charge in [-0.05, 0) is 41.5 Å². The summed E-state index contributed by atoms with van der Waals surface area (Å²) in [5, 5.41) is 2.71. The average Bonchev–Trinajstić information content (AvgIpc) is 3.04. The molecule has 1 aromatic rings. The molecule has 1 rings (SSSR count). The van der Waals surface area contributed by atoms with E-state index in [1.54, 1.807) is 24.3 Å². The monoisotopic (exact) mass is 757 g/mol. The number of hydrogen-bond donors (Lipinski definition) is 1. The van der Waals surface area contributed by atoms with Gasteiger partial charge >= 0.3 is 0 Å². The van der Waals surface area contributed by atoms with Crippen LogP contribution >= 0.6 is 22.6 Å². The number of ether oxygens (including phenoxy) is 10. The molecule has 0 aliphatic carbocycles. The number of amides is 1. The van der Waals surface area contributed by atoms with E-state index in [4.69, 9.17) is 47.4 Å². The smallest absolute Gasteiger partial charge is 0.221 e. The van der Waals surface area contributed by atoms with Crippen LogP contribution in [0.15, 0.2) is 24.3 Å². The maximum atomic E-state index is 11.0. The number of anilines is 1. The molecule has 13 heteroatoms. The Morgan fingerprint density at radius 1 is 0.489 bits per heavy atom. The van der Waals surface area contributed by atoms with Crippen molar-refractivity contribution in [2.24, 2.45) is 0 Å². The van der Waals surface area contributed by atoms with Crippen LogP contribution in [0, 0.1) is 0 Å². The quantitative estimate of drug-likeness (QED) is 0.0611. The fraction of sp³-hybridized carbons (Fsp3) is 0.781. The van der Waals surface area contributed by atoms with Crippen LogP contribution in [0.3, 0.4) is 0 Å². The summed E-state index contributed by atoms with van der Waals surface area (Å²) in [6.07, 6.45) is 4.97. The molecule has 0 aromatic heterocycles. The lowest BCUT2D eigenvalue weighted by Gasteiger charge is -2.09. The van der Waals surface area contributed by atoms with Crippen molar-refractivity contribution in [1.82, 2.24) is 0 Å². The van der Waals surface area contributed by atoms with Crippen LogP contribution in [0.4, 0.5) is 5.69 Å². The Bertz CT molecular complexity index is 761. The Labute approximate surface area is 283 Å². The normalized spacial score (nSPS) is 11.2. The molecule has 0 heterocycles. The summed E-state index contributed by atoms with van der Waals surface area (Å²) in [7, 11) is 0. The van der Waals surface area contributed by atoms with Gasteiger partial charge in [0.15, 0.2) is 0 Å². The topological polar surface area (TPSA) is 121 Å². The van der Waals surface area contributed by atoms with Crippen LogP contribution in [-0.2, 0) is 47.4 Å². The molecule has 0 bridgehead atoms. The van der Waals surface area contributed by atoms with E-state index >= 15 is 0 Å². The molecule has 0 atom stereocenters. The lowest BCUT2D eigenvalue weighted by Crippen LogP contribution is -2.15. The third-order valence-electron chi connectivity index (χ3n) is 5.82. The zero-order valence-electron chi connectivity index (χ0n) is 27.1. The summed E-state index contributed by atoms with van der Waals surface area (Å²) < 4.78 is 56.3. The van der Waals surface area contributed by atoms with Crippen molar-refractivity contribution in [1.29, 1.82) is 0 Å². The zero-order valence-corrected chi connectivity index (χ0v) is 29.3. The highest BCUT2D eigenvalue weighted by Crippen LogP contribution is 2.15. The van der Waals surface area contributed by atoms with E-state index in [9.17, 15) is 4.79 Å². The van der Waals surface area contributed by atoms with Crippen LogP contribution in [0.25, 0.3) is 0 Å². The first-order chi connectivity index (χ1) is 22.2. The summed E-state index contributed by atoms with van der Waals surface area (Å²) >= 11 is 2.42. The van der Waals surface area contributed by atoms with Gasteiger partial charge in [-0.2, -0.15) is 0 Å². The number of rotatable bonds is 35. The molecule has 0 spiro atoms. The summed E-state index contributed by atoms with van der Waals surface area (Å²) in [6, 6.07) is 7.19. The molecule has 0 saturated carbocycles. The molecule has 0 aliphatic rings. The number of unbranched alkanes of at least 4 members (excludes halogenated alkanes) is 3. The molecule has 0 unspecified atom stereocenters. The van der Waals surface area contributed by atoms with E-state index in [0.29, 0.717) is 119 Å². The van der Waals surface area contributed by atoms with E-state index in [-0.39, 0.29) is 5.91 Å². The molecular formula is C32H56INO11. The number of carbonyl (C=O) groups excluding carboxylic acids is 1. The predicted octanol–water partition coefficient (Wildman–Crippen LogP) is 4.17. The van der Waals surface area contributed by atoms with Crippen molar-refractivity contribution >= 4 is 34.2 Å². The molecule has 0 aliphatic heterocycles. The zero-order chi connectivity index (χ0) is 32.3. The molecule has 1 aromatic carbocycles. The standard InChI is InChI=1S/C32H56INO11/c1-30(35)34-31-6-8-32(9-7-31)45-29-28-44-27-26-43-25-24-42-23-22-41-21-20-40-19-18-39-17-16-38-15-14-37-13-12-36-11-5-3-2-4-10-33/h6-9H,2-5,10-29H2,1H3,(H,34,35). The van der Waals surface area contributed by atoms with Crippen molar-refractivity contribution < 1.29 is 52.2 Å². The molecular weight excluding hydrogens is 701 g/mol. The minimum atomic E-state index is -0.105. The summed E-state index contributed by atoms with van der Waals surface area (Å²) in [6.45, 7) is 11.7. The number of hydrogen-bond acceptors (Lipinski definition) is 11. The van der Waals surface area contributed by atoms with Gasteiger partial charge in [0.25, 0.3) is 0 Å². The SMILES string of the molecule is CC(=O)Nc1ccc(OCCOCCOCCOCCOCCOCCOCCOCCOCCOCCCCCCI)cc1. The molecule has 12 nitrogen and oxygen atoms in total. The highest BCUT2D eigenvalue weighted by Gasteiger charge is 1.99. The van der Waals surface area contributed by atoms with Gasteiger partial charge in [0.05, 0.1) is 112 Å². The second kappa shape index (κ2) is 34.2. The molecule has 1 amide bonds. The first kappa shape index (κ1) is 41.9. The van der Waals surface area contributed by atoms with Gasteiger partial charge in [-0.15, -0.1) is 0 Å². The van der Waals surface area contributed by atoms with Gasteiger partial charge in [-0.3, -0.25) is 4.79 Å². The molecule has 262 valence electrons. The molecule has 0 saturated heterocycles. The lowest BCUT2D eigenvalue weighted by molar-refractivity contribution is -0.114. The molecule has 1 N–H and O–H groups in total. The molecule has 45 heavy (non-hydrogen) atoms. The first-order valence-corrected chi connectivity index (χ1v) is 17.5. The van der Waals surface area contributed by atoms with E-state index in [0.717, 1.165) is 24.5 Å². The number of halogens is 1.